The molecule has 0 aromatic rings. The van der Waals surface area contributed by atoms with Crippen LogP contribution < -0.4 is 0 Å². The summed E-state index contributed by atoms with van der Waals surface area (Å²) in [5.41, 5.74) is 0. The first-order chi connectivity index (χ1) is 26.1. The SMILES string of the molecule is CCCCCCCCCCCOC(=O)C(O)CCCCN(CCCCCCCC(=O)OC(CCCCCCCC)CCCCCCCC)C(O)C(O)(O)O. The number of carbonyl (C=O) groups is 2. The Labute approximate surface area is 331 Å². The number of unbranched alkanes of at least 4 members (excludes halogenated alkanes) is 23. The van der Waals surface area contributed by atoms with Gasteiger partial charge in [-0.05, 0) is 64.2 Å². The van der Waals surface area contributed by atoms with Gasteiger partial charge in [0.1, 0.15) is 6.10 Å². The van der Waals surface area contributed by atoms with Gasteiger partial charge < -0.3 is 35.0 Å². The van der Waals surface area contributed by atoms with Crippen LogP contribution in [0.15, 0.2) is 0 Å². The van der Waals surface area contributed by atoms with E-state index in [1.54, 1.807) is 0 Å². The molecule has 0 aromatic heterocycles. The molecule has 0 saturated carbocycles. The number of carbonyl (C=O) groups excluding carboxylic acids is 2. The van der Waals surface area contributed by atoms with Crippen molar-refractivity contribution in [3.05, 3.63) is 0 Å². The molecule has 0 bridgehead atoms. The number of nitrogens with zero attached hydrogens (tertiary/aromatic N) is 1. The molecule has 0 aliphatic rings. The Hall–Kier alpha value is -1.30. The average Bonchev–Trinajstić information content (AvgIpc) is 3.14. The van der Waals surface area contributed by atoms with Gasteiger partial charge in [0.2, 0.25) is 0 Å². The van der Waals surface area contributed by atoms with Gasteiger partial charge in [-0.2, -0.15) is 0 Å². The number of aliphatic hydroxyl groups excluding tert-OH is 2. The van der Waals surface area contributed by atoms with Crippen LogP contribution in [-0.4, -0.2) is 86.5 Å². The molecule has 0 radical (unpaired) electrons. The molecule has 2 unspecified atom stereocenters. The molecule has 0 heterocycles. The fourth-order valence-electron chi connectivity index (χ4n) is 6.98. The van der Waals surface area contributed by atoms with Crippen LogP contribution in [0.5, 0.6) is 0 Å². The zero-order chi connectivity index (χ0) is 40.1. The molecule has 0 aromatic carbocycles. The van der Waals surface area contributed by atoms with Gasteiger partial charge in [-0.1, -0.05) is 156 Å². The van der Waals surface area contributed by atoms with Crippen molar-refractivity contribution in [1.82, 2.24) is 4.90 Å². The molecule has 10 heteroatoms. The maximum atomic E-state index is 12.7. The standard InChI is InChI=1S/C44H87NO9/c1-4-7-10-13-16-17-18-24-31-38-53-42(48)40(46)34-28-30-37-45(43(49)44(50,51)52)36-29-23-19-22-27-35-41(47)54-39(32-25-20-14-11-8-5-2)33-26-21-15-12-9-6-3/h39-40,43,46,49-52H,4-38H2,1-3H3. The fourth-order valence-corrected chi connectivity index (χ4v) is 6.98. The van der Waals surface area contributed by atoms with E-state index in [1.807, 2.05) is 0 Å². The van der Waals surface area contributed by atoms with Crippen LogP contribution in [0.1, 0.15) is 226 Å². The van der Waals surface area contributed by atoms with E-state index in [0.717, 1.165) is 70.6 Å². The molecule has 0 rings (SSSR count). The molecule has 2 atom stereocenters. The highest BCUT2D eigenvalue weighted by atomic mass is 16.7. The molecule has 0 fully saturated rings. The molecule has 10 nitrogen and oxygen atoms in total. The molecule has 0 aliphatic carbocycles. The van der Waals surface area contributed by atoms with Gasteiger partial charge in [0.05, 0.1) is 6.61 Å². The molecule has 0 spiro atoms. The Morgan fingerprint density at radius 1 is 0.519 bits per heavy atom. The number of rotatable bonds is 41. The van der Waals surface area contributed by atoms with Crippen LogP contribution in [0, 0.1) is 0 Å². The maximum Gasteiger partial charge on any atom is 0.334 e. The second-order valence-corrected chi connectivity index (χ2v) is 15.8. The van der Waals surface area contributed by atoms with E-state index in [2.05, 4.69) is 20.8 Å². The molecule has 0 saturated heterocycles. The smallest absolute Gasteiger partial charge is 0.334 e. The Kier molecular flexibility index (Phi) is 36.4. The largest absolute Gasteiger partial charge is 0.464 e. The number of esters is 2. The van der Waals surface area contributed by atoms with Crippen LogP contribution in [0.2, 0.25) is 0 Å². The van der Waals surface area contributed by atoms with E-state index < -0.39 is 24.3 Å². The van der Waals surface area contributed by atoms with Gasteiger partial charge in [0.15, 0.2) is 12.3 Å². The topological polar surface area (TPSA) is 157 Å². The highest BCUT2D eigenvalue weighted by Gasteiger charge is 2.35. The van der Waals surface area contributed by atoms with Crippen molar-refractivity contribution in [2.24, 2.45) is 0 Å². The minimum Gasteiger partial charge on any atom is -0.464 e. The normalized spacial score (nSPS) is 13.1. The molecular weight excluding hydrogens is 686 g/mol. The third kappa shape index (κ3) is 32.9. The van der Waals surface area contributed by atoms with Crippen molar-refractivity contribution in [1.29, 1.82) is 0 Å². The first kappa shape index (κ1) is 52.7. The molecule has 54 heavy (non-hydrogen) atoms. The van der Waals surface area contributed by atoms with Gasteiger partial charge in [0.25, 0.3) is 0 Å². The van der Waals surface area contributed by atoms with Gasteiger partial charge >= 0.3 is 17.9 Å². The highest BCUT2D eigenvalue weighted by Crippen LogP contribution is 2.19. The van der Waals surface area contributed by atoms with E-state index in [0.29, 0.717) is 38.8 Å². The number of hydrogen-bond donors (Lipinski definition) is 5. The third-order valence-corrected chi connectivity index (χ3v) is 10.5. The Morgan fingerprint density at radius 2 is 0.907 bits per heavy atom. The number of ether oxygens (including phenoxy) is 2. The maximum absolute atomic E-state index is 12.7. The lowest BCUT2D eigenvalue weighted by Gasteiger charge is -2.32. The summed E-state index contributed by atoms with van der Waals surface area (Å²) in [4.78, 5) is 26.3. The molecule has 5 N–H and O–H groups in total. The lowest BCUT2D eigenvalue weighted by atomic mass is 10.0. The quantitative estimate of drug-likeness (QED) is 0.0230. The fraction of sp³-hybridized carbons (Fsp3) is 0.955. The van der Waals surface area contributed by atoms with Crippen molar-refractivity contribution in [2.45, 2.75) is 251 Å². The zero-order valence-corrected chi connectivity index (χ0v) is 35.3. The number of aliphatic hydroxyl groups is 5. The van der Waals surface area contributed by atoms with Gasteiger partial charge in [0, 0.05) is 19.5 Å². The predicted molar refractivity (Wildman–Crippen MR) is 219 cm³/mol. The van der Waals surface area contributed by atoms with Crippen molar-refractivity contribution < 1.29 is 44.6 Å². The molecule has 0 amide bonds. The highest BCUT2D eigenvalue weighted by molar-refractivity contribution is 5.74. The Balaban J connectivity index is 4.36. The molecule has 322 valence electrons. The summed E-state index contributed by atoms with van der Waals surface area (Å²) < 4.78 is 11.2. The van der Waals surface area contributed by atoms with Gasteiger partial charge in [-0.15, -0.1) is 0 Å². The summed E-state index contributed by atoms with van der Waals surface area (Å²) in [6.45, 7) is 7.55. The second-order valence-electron chi connectivity index (χ2n) is 15.8. The zero-order valence-electron chi connectivity index (χ0n) is 35.3. The van der Waals surface area contributed by atoms with Crippen molar-refractivity contribution >= 4 is 11.9 Å². The van der Waals surface area contributed by atoms with E-state index in [9.17, 15) is 35.1 Å². The summed E-state index contributed by atoms with van der Waals surface area (Å²) in [7, 11) is 0. The Bertz CT molecular complexity index is 821. The summed E-state index contributed by atoms with van der Waals surface area (Å²) >= 11 is 0. The summed E-state index contributed by atoms with van der Waals surface area (Å²) in [5.74, 6) is -3.99. The molecule has 0 aliphatic heterocycles. The average molecular weight is 774 g/mol. The summed E-state index contributed by atoms with van der Waals surface area (Å²) in [6, 6.07) is 0. The Morgan fingerprint density at radius 3 is 1.39 bits per heavy atom. The monoisotopic (exact) mass is 774 g/mol. The second kappa shape index (κ2) is 37.3. The lowest BCUT2D eigenvalue weighted by Crippen LogP contribution is -2.53. The summed E-state index contributed by atoms with van der Waals surface area (Å²) in [5, 5.41) is 49.4. The van der Waals surface area contributed by atoms with E-state index >= 15 is 0 Å². The van der Waals surface area contributed by atoms with Gasteiger partial charge in [-0.3, -0.25) is 9.69 Å². The number of hydrogen-bond acceptors (Lipinski definition) is 10. The first-order valence-electron chi connectivity index (χ1n) is 22.7. The van der Waals surface area contributed by atoms with Crippen molar-refractivity contribution in [2.75, 3.05) is 19.7 Å². The van der Waals surface area contributed by atoms with Crippen LogP contribution in [0.25, 0.3) is 0 Å². The van der Waals surface area contributed by atoms with E-state index in [-0.39, 0.29) is 25.0 Å². The van der Waals surface area contributed by atoms with Crippen LogP contribution in [0.3, 0.4) is 0 Å². The van der Waals surface area contributed by atoms with Crippen LogP contribution >= 0.6 is 0 Å². The van der Waals surface area contributed by atoms with Crippen molar-refractivity contribution in [3.8, 4) is 0 Å². The van der Waals surface area contributed by atoms with E-state index in [1.165, 1.54) is 108 Å². The van der Waals surface area contributed by atoms with E-state index in [4.69, 9.17) is 9.47 Å². The van der Waals surface area contributed by atoms with Crippen LogP contribution in [-0.2, 0) is 19.1 Å². The van der Waals surface area contributed by atoms with Crippen LogP contribution in [0.4, 0.5) is 0 Å². The minimum absolute atomic E-state index is 0.0235. The minimum atomic E-state index is -3.26. The van der Waals surface area contributed by atoms with Gasteiger partial charge in [-0.25, -0.2) is 4.79 Å². The lowest BCUT2D eigenvalue weighted by molar-refractivity contribution is -0.379. The first-order valence-corrected chi connectivity index (χ1v) is 22.7. The van der Waals surface area contributed by atoms with Crippen molar-refractivity contribution in [3.63, 3.8) is 0 Å². The molecular formula is C44H87NO9. The third-order valence-electron chi connectivity index (χ3n) is 10.5. The predicted octanol–water partition coefficient (Wildman–Crippen LogP) is 9.60. The summed E-state index contributed by atoms with van der Waals surface area (Å²) in [6.07, 6.45) is 29.6.